The molecule has 0 spiro atoms. The Hall–Kier alpha value is -1.45. The minimum absolute atomic E-state index is 0.122. The highest BCUT2D eigenvalue weighted by atomic mass is 19.2. The molecule has 1 fully saturated rings. The quantitative estimate of drug-likeness (QED) is 0.859. The van der Waals surface area contributed by atoms with Gasteiger partial charge in [0.1, 0.15) is 0 Å². The Morgan fingerprint density at radius 2 is 1.94 bits per heavy atom. The van der Waals surface area contributed by atoms with Crippen LogP contribution in [0.1, 0.15) is 32.1 Å². The highest BCUT2D eigenvalue weighted by Gasteiger charge is 2.18. The molecule has 1 aromatic rings. The van der Waals surface area contributed by atoms with Gasteiger partial charge in [0, 0.05) is 18.2 Å². The molecule has 17 heavy (non-hydrogen) atoms. The lowest BCUT2D eigenvalue weighted by Crippen LogP contribution is -2.15. The maximum Gasteiger partial charge on any atom is 0.224 e. The van der Waals surface area contributed by atoms with E-state index in [-0.39, 0.29) is 5.91 Å². The normalized spacial score (nSPS) is 16.1. The smallest absolute Gasteiger partial charge is 0.224 e. The molecule has 0 heterocycles. The van der Waals surface area contributed by atoms with Crippen LogP contribution in [0.3, 0.4) is 0 Å². The summed E-state index contributed by atoms with van der Waals surface area (Å²) in [4.78, 5) is 11.6. The molecule has 0 aliphatic heterocycles. The van der Waals surface area contributed by atoms with Gasteiger partial charge in [0.15, 0.2) is 11.6 Å². The van der Waals surface area contributed by atoms with Gasteiger partial charge < -0.3 is 5.32 Å². The zero-order valence-electron chi connectivity index (χ0n) is 9.51. The molecule has 1 aliphatic carbocycles. The first-order valence-corrected chi connectivity index (χ1v) is 5.90. The number of hydrogen-bond donors (Lipinski definition) is 1. The van der Waals surface area contributed by atoms with Gasteiger partial charge in [0.2, 0.25) is 5.91 Å². The molecule has 1 aromatic carbocycles. The Morgan fingerprint density at radius 1 is 1.24 bits per heavy atom. The summed E-state index contributed by atoms with van der Waals surface area (Å²) >= 11 is 0. The molecule has 1 saturated carbocycles. The lowest BCUT2D eigenvalue weighted by Gasteiger charge is -2.09. The highest BCUT2D eigenvalue weighted by molar-refractivity contribution is 5.90. The van der Waals surface area contributed by atoms with Crippen molar-refractivity contribution in [3.8, 4) is 0 Å². The average molecular weight is 239 g/mol. The van der Waals surface area contributed by atoms with Crippen molar-refractivity contribution >= 4 is 11.6 Å². The van der Waals surface area contributed by atoms with Gasteiger partial charge in [-0.25, -0.2) is 8.78 Å². The summed E-state index contributed by atoms with van der Waals surface area (Å²) in [7, 11) is 0. The lowest BCUT2D eigenvalue weighted by molar-refractivity contribution is -0.117. The van der Waals surface area contributed by atoms with E-state index in [4.69, 9.17) is 0 Å². The van der Waals surface area contributed by atoms with Crippen molar-refractivity contribution in [2.75, 3.05) is 5.32 Å². The first-order valence-electron chi connectivity index (χ1n) is 5.90. The molecule has 0 unspecified atom stereocenters. The minimum Gasteiger partial charge on any atom is -0.326 e. The molecular weight excluding hydrogens is 224 g/mol. The van der Waals surface area contributed by atoms with Crippen molar-refractivity contribution in [3.05, 3.63) is 29.8 Å². The number of anilines is 1. The average Bonchev–Trinajstić information content (AvgIpc) is 2.76. The number of carbonyl (C=O) groups is 1. The van der Waals surface area contributed by atoms with E-state index in [1.54, 1.807) is 0 Å². The van der Waals surface area contributed by atoms with E-state index in [1.165, 1.54) is 18.9 Å². The van der Waals surface area contributed by atoms with Crippen LogP contribution in [0, 0.1) is 17.6 Å². The fourth-order valence-electron chi connectivity index (χ4n) is 2.26. The van der Waals surface area contributed by atoms with Crippen LogP contribution >= 0.6 is 0 Å². The number of benzene rings is 1. The van der Waals surface area contributed by atoms with Gasteiger partial charge in [-0.2, -0.15) is 0 Å². The molecule has 1 N–H and O–H groups in total. The van der Waals surface area contributed by atoms with Crippen molar-refractivity contribution in [2.45, 2.75) is 32.1 Å². The molecule has 0 radical (unpaired) electrons. The highest BCUT2D eigenvalue weighted by Crippen LogP contribution is 2.27. The number of hydrogen-bond acceptors (Lipinski definition) is 1. The summed E-state index contributed by atoms with van der Waals surface area (Å²) in [5, 5.41) is 2.59. The fourth-order valence-corrected chi connectivity index (χ4v) is 2.26. The summed E-state index contributed by atoms with van der Waals surface area (Å²) in [5.74, 6) is -1.52. The second kappa shape index (κ2) is 5.25. The summed E-state index contributed by atoms with van der Waals surface area (Å²) in [5.41, 5.74) is 0.312. The van der Waals surface area contributed by atoms with Gasteiger partial charge in [-0.05, 0) is 30.9 Å². The number of halogens is 2. The first kappa shape index (κ1) is 12.0. The minimum atomic E-state index is -0.941. The number of carbonyl (C=O) groups excluding carboxylic acids is 1. The Balaban J connectivity index is 1.90. The van der Waals surface area contributed by atoms with Gasteiger partial charge in [-0.3, -0.25) is 4.79 Å². The number of rotatable bonds is 3. The van der Waals surface area contributed by atoms with Crippen molar-refractivity contribution in [1.82, 2.24) is 0 Å². The van der Waals surface area contributed by atoms with Crippen LogP contribution in [0.15, 0.2) is 18.2 Å². The molecule has 0 aromatic heterocycles. The van der Waals surface area contributed by atoms with E-state index >= 15 is 0 Å². The molecule has 0 saturated heterocycles. The molecule has 1 amide bonds. The maximum atomic E-state index is 12.9. The van der Waals surface area contributed by atoms with Crippen molar-refractivity contribution < 1.29 is 13.6 Å². The van der Waals surface area contributed by atoms with Gasteiger partial charge in [0.05, 0.1) is 0 Å². The summed E-state index contributed by atoms with van der Waals surface area (Å²) in [6, 6.07) is 3.38. The summed E-state index contributed by atoms with van der Waals surface area (Å²) < 4.78 is 25.6. The van der Waals surface area contributed by atoms with Gasteiger partial charge in [-0.15, -0.1) is 0 Å². The zero-order valence-corrected chi connectivity index (χ0v) is 9.51. The summed E-state index contributed by atoms with van der Waals surface area (Å²) in [6.45, 7) is 0. The van der Waals surface area contributed by atoms with Crippen molar-refractivity contribution in [3.63, 3.8) is 0 Å². The Bertz CT molecular complexity index is 414. The van der Waals surface area contributed by atoms with Crippen LogP contribution in [0.25, 0.3) is 0 Å². The molecule has 0 bridgehead atoms. The standard InChI is InChI=1S/C13H15F2NO/c14-11-6-5-10(8-12(11)15)16-13(17)7-9-3-1-2-4-9/h5-6,8-9H,1-4,7H2,(H,16,17). The third-order valence-corrected chi connectivity index (χ3v) is 3.15. The number of amides is 1. The topological polar surface area (TPSA) is 29.1 Å². The van der Waals surface area contributed by atoms with Crippen LogP contribution in [-0.2, 0) is 4.79 Å². The predicted molar refractivity (Wildman–Crippen MR) is 61.6 cm³/mol. The van der Waals surface area contributed by atoms with E-state index in [1.807, 2.05) is 0 Å². The maximum absolute atomic E-state index is 12.9. The van der Waals surface area contributed by atoms with Crippen molar-refractivity contribution in [1.29, 1.82) is 0 Å². The number of nitrogens with one attached hydrogen (secondary N) is 1. The zero-order chi connectivity index (χ0) is 12.3. The monoisotopic (exact) mass is 239 g/mol. The Kier molecular flexibility index (Phi) is 3.71. The summed E-state index contributed by atoms with van der Waals surface area (Å²) in [6.07, 6.45) is 5.02. The third-order valence-electron chi connectivity index (χ3n) is 3.15. The van der Waals surface area contributed by atoms with Crippen LogP contribution in [0.5, 0.6) is 0 Å². The van der Waals surface area contributed by atoms with Crippen LogP contribution < -0.4 is 5.32 Å². The largest absolute Gasteiger partial charge is 0.326 e. The molecule has 0 atom stereocenters. The van der Waals surface area contributed by atoms with E-state index in [9.17, 15) is 13.6 Å². The van der Waals surface area contributed by atoms with Crippen molar-refractivity contribution in [2.24, 2.45) is 5.92 Å². The van der Waals surface area contributed by atoms with Crippen LogP contribution in [-0.4, -0.2) is 5.91 Å². The lowest BCUT2D eigenvalue weighted by atomic mass is 10.0. The van der Waals surface area contributed by atoms with Gasteiger partial charge in [-0.1, -0.05) is 12.8 Å². The second-order valence-corrected chi connectivity index (χ2v) is 4.53. The third kappa shape index (κ3) is 3.25. The molecule has 1 aliphatic rings. The SMILES string of the molecule is O=C(CC1CCCC1)Nc1ccc(F)c(F)c1. The van der Waals surface area contributed by atoms with Gasteiger partial charge in [0.25, 0.3) is 0 Å². The molecule has 2 rings (SSSR count). The van der Waals surface area contributed by atoms with E-state index in [0.717, 1.165) is 25.0 Å². The fraction of sp³-hybridized carbons (Fsp3) is 0.462. The van der Waals surface area contributed by atoms with E-state index in [2.05, 4.69) is 5.32 Å². The Morgan fingerprint density at radius 3 is 2.59 bits per heavy atom. The second-order valence-electron chi connectivity index (χ2n) is 4.53. The van der Waals surface area contributed by atoms with E-state index in [0.29, 0.717) is 18.0 Å². The molecule has 4 heteroatoms. The first-order chi connectivity index (χ1) is 8.15. The van der Waals surface area contributed by atoms with Crippen LogP contribution in [0.2, 0.25) is 0 Å². The molecular formula is C13H15F2NO. The molecule has 92 valence electrons. The molecule has 2 nitrogen and oxygen atoms in total. The predicted octanol–water partition coefficient (Wildman–Crippen LogP) is 3.48. The van der Waals surface area contributed by atoms with E-state index < -0.39 is 11.6 Å². The van der Waals surface area contributed by atoms with Crippen LogP contribution in [0.4, 0.5) is 14.5 Å². The Labute approximate surface area is 99.0 Å². The van der Waals surface area contributed by atoms with Gasteiger partial charge >= 0.3 is 0 Å².